The first-order valence-corrected chi connectivity index (χ1v) is 8.06. The second kappa shape index (κ2) is 6.30. The maximum Gasteiger partial charge on any atom is 0.225 e. The first-order valence-electron chi connectivity index (χ1n) is 8.06. The molecular weight excluding hydrogens is 260 g/mol. The SMILES string of the molecule is CC1(C)CCCN(c2ncc(CNC(C)(C)C)cn2)CC1. The van der Waals surface area contributed by atoms with E-state index in [-0.39, 0.29) is 5.54 Å². The number of nitrogens with one attached hydrogen (secondary N) is 1. The van der Waals surface area contributed by atoms with Crippen LogP contribution in [0, 0.1) is 5.41 Å². The van der Waals surface area contributed by atoms with Gasteiger partial charge in [-0.2, -0.15) is 0 Å². The summed E-state index contributed by atoms with van der Waals surface area (Å²) in [4.78, 5) is 11.5. The van der Waals surface area contributed by atoms with Gasteiger partial charge in [0.25, 0.3) is 0 Å². The van der Waals surface area contributed by atoms with E-state index in [1.54, 1.807) is 0 Å². The van der Waals surface area contributed by atoms with Crippen molar-refractivity contribution in [3.8, 4) is 0 Å². The van der Waals surface area contributed by atoms with Crippen LogP contribution in [0.15, 0.2) is 12.4 Å². The van der Waals surface area contributed by atoms with Gasteiger partial charge < -0.3 is 10.2 Å². The van der Waals surface area contributed by atoms with Gasteiger partial charge in [-0.1, -0.05) is 13.8 Å². The minimum atomic E-state index is 0.120. The van der Waals surface area contributed by atoms with Crippen molar-refractivity contribution in [1.29, 1.82) is 0 Å². The minimum Gasteiger partial charge on any atom is -0.341 e. The Morgan fingerprint density at radius 3 is 2.43 bits per heavy atom. The molecule has 118 valence electrons. The van der Waals surface area contributed by atoms with Gasteiger partial charge >= 0.3 is 0 Å². The molecule has 2 heterocycles. The zero-order chi connectivity index (χ0) is 15.5. The molecular formula is C17H30N4. The molecule has 1 aromatic rings. The van der Waals surface area contributed by atoms with E-state index >= 15 is 0 Å². The van der Waals surface area contributed by atoms with E-state index < -0.39 is 0 Å². The summed E-state index contributed by atoms with van der Waals surface area (Å²) in [5.41, 5.74) is 1.71. The molecule has 21 heavy (non-hydrogen) atoms. The Balaban J connectivity index is 1.95. The molecule has 1 aromatic heterocycles. The molecule has 0 aromatic carbocycles. The van der Waals surface area contributed by atoms with Crippen LogP contribution in [0.4, 0.5) is 5.95 Å². The molecule has 0 unspecified atom stereocenters. The molecule has 0 atom stereocenters. The maximum absolute atomic E-state index is 4.57. The zero-order valence-electron chi connectivity index (χ0n) is 14.2. The van der Waals surface area contributed by atoms with Gasteiger partial charge in [0.15, 0.2) is 0 Å². The first-order chi connectivity index (χ1) is 9.75. The fourth-order valence-corrected chi connectivity index (χ4v) is 2.59. The number of aromatic nitrogens is 2. The molecule has 4 nitrogen and oxygen atoms in total. The van der Waals surface area contributed by atoms with E-state index in [1.807, 2.05) is 12.4 Å². The van der Waals surface area contributed by atoms with Crippen LogP contribution in [0.3, 0.4) is 0 Å². The number of hydrogen-bond donors (Lipinski definition) is 1. The lowest BCUT2D eigenvalue weighted by Gasteiger charge is -2.23. The van der Waals surface area contributed by atoms with E-state index in [1.165, 1.54) is 19.3 Å². The van der Waals surface area contributed by atoms with Gasteiger partial charge in [-0.05, 0) is 45.4 Å². The third-order valence-corrected chi connectivity index (χ3v) is 4.14. The zero-order valence-corrected chi connectivity index (χ0v) is 14.2. The molecule has 1 N–H and O–H groups in total. The molecule has 0 aliphatic carbocycles. The van der Waals surface area contributed by atoms with Crippen molar-refractivity contribution in [2.24, 2.45) is 5.41 Å². The van der Waals surface area contributed by atoms with Crippen LogP contribution in [-0.2, 0) is 6.54 Å². The van der Waals surface area contributed by atoms with Gasteiger partial charge in [-0.15, -0.1) is 0 Å². The largest absolute Gasteiger partial charge is 0.341 e. The lowest BCUT2D eigenvalue weighted by Crippen LogP contribution is -2.35. The van der Waals surface area contributed by atoms with Crippen molar-refractivity contribution in [3.05, 3.63) is 18.0 Å². The molecule has 0 bridgehead atoms. The molecule has 2 rings (SSSR count). The summed E-state index contributed by atoms with van der Waals surface area (Å²) in [6.45, 7) is 14.2. The Bertz CT molecular complexity index is 445. The van der Waals surface area contributed by atoms with Crippen LogP contribution >= 0.6 is 0 Å². The van der Waals surface area contributed by atoms with E-state index in [0.717, 1.165) is 31.1 Å². The molecule has 0 radical (unpaired) electrons. The second-order valence-electron chi connectivity index (χ2n) is 8.00. The fraction of sp³-hybridized carbons (Fsp3) is 0.765. The van der Waals surface area contributed by atoms with Gasteiger partial charge in [-0.3, -0.25) is 0 Å². The van der Waals surface area contributed by atoms with Crippen LogP contribution in [0.2, 0.25) is 0 Å². The normalized spacial score (nSPS) is 19.4. The monoisotopic (exact) mass is 290 g/mol. The van der Waals surface area contributed by atoms with E-state index in [0.29, 0.717) is 5.41 Å². The van der Waals surface area contributed by atoms with Gasteiger partial charge in [0.1, 0.15) is 0 Å². The molecule has 0 saturated carbocycles. The predicted molar refractivity (Wildman–Crippen MR) is 88.5 cm³/mol. The van der Waals surface area contributed by atoms with Gasteiger partial charge in [0.05, 0.1) is 0 Å². The summed E-state index contributed by atoms with van der Waals surface area (Å²) < 4.78 is 0. The standard InChI is InChI=1S/C17H30N4/c1-16(2,3)20-13-14-11-18-15(19-12-14)21-9-6-7-17(4,5)8-10-21/h11-12,20H,6-10,13H2,1-5H3. The Morgan fingerprint density at radius 1 is 1.14 bits per heavy atom. The van der Waals surface area contributed by atoms with Gasteiger partial charge in [0.2, 0.25) is 5.95 Å². The minimum absolute atomic E-state index is 0.120. The van der Waals surface area contributed by atoms with Crippen LogP contribution in [0.25, 0.3) is 0 Å². The Kier molecular flexibility index (Phi) is 4.87. The van der Waals surface area contributed by atoms with Crippen LogP contribution in [-0.4, -0.2) is 28.6 Å². The average molecular weight is 290 g/mol. The van der Waals surface area contributed by atoms with Crippen LogP contribution < -0.4 is 10.2 Å². The number of anilines is 1. The first kappa shape index (κ1) is 16.2. The van der Waals surface area contributed by atoms with Crippen LogP contribution in [0.5, 0.6) is 0 Å². The smallest absolute Gasteiger partial charge is 0.225 e. The number of nitrogens with zero attached hydrogens (tertiary/aromatic N) is 3. The van der Waals surface area contributed by atoms with Crippen LogP contribution in [0.1, 0.15) is 59.4 Å². The second-order valence-corrected chi connectivity index (χ2v) is 8.00. The molecule has 1 saturated heterocycles. The van der Waals surface area contributed by atoms with E-state index in [2.05, 4.69) is 54.8 Å². The van der Waals surface area contributed by atoms with Gasteiger partial charge in [-0.25, -0.2) is 9.97 Å². The van der Waals surface area contributed by atoms with Crippen molar-refractivity contribution in [2.45, 2.75) is 66.0 Å². The lowest BCUT2D eigenvalue weighted by molar-refractivity contribution is 0.325. The summed E-state index contributed by atoms with van der Waals surface area (Å²) >= 11 is 0. The highest BCUT2D eigenvalue weighted by molar-refractivity contribution is 5.30. The maximum atomic E-state index is 4.57. The topological polar surface area (TPSA) is 41.1 Å². The van der Waals surface area contributed by atoms with Crippen molar-refractivity contribution in [1.82, 2.24) is 15.3 Å². The van der Waals surface area contributed by atoms with E-state index in [9.17, 15) is 0 Å². The summed E-state index contributed by atoms with van der Waals surface area (Å²) in [7, 11) is 0. The average Bonchev–Trinajstić information content (AvgIpc) is 2.57. The quantitative estimate of drug-likeness (QED) is 0.926. The van der Waals surface area contributed by atoms with Crippen molar-refractivity contribution < 1.29 is 0 Å². The summed E-state index contributed by atoms with van der Waals surface area (Å²) in [5, 5.41) is 3.46. The molecule has 1 aliphatic heterocycles. The Labute approximate surface area is 129 Å². The number of rotatable bonds is 3. The molecule has 1 fully saturated rings. The molecule has 4 heteroatoms. The fourth-order valence-electron chi connectivity index (χ4n) is 2.59. The predicted octanol–water partition coefficient (Wildman–Crippen LogP) is 3.38. The summed E-state index contributed by atoms with van der Waals surface area (Å²) in [5.74, 6) is 0.882. The summed E-state index contributed by atoms with van der Waals surface area (Å²) in [6, 6.07) is 0. The highest BCUT2D eigenvalue weighted by Crippen LogP contribution is 2.30. The lowest BCUT2D eigenvalue weighted by atomic mass is 9.85. The molecule has 0 spiro atoms. The number of hydrogen-bond acceptors (Lipinski definition) is 4. The highest BCUT2D eigenvalue weighted by Gasteiger charge is 2.24. The third-order valence-electron chi connectivity index (χ3n) is 4.14. The summed E-state index contributed by atoms with van der Waals surface area (Å²) in [6.07, 6.45) is 7.64. The highest BCUT2D eigenvalue weighted by atomic mass is 15.2. The Morgan fingerprint density at radius 2 is 1.81 bits per heavy atom. The van der Waals surface area contributed by atoms with Crippen molar-refractivity contribution in [3.63, 3.8) is 0 Å². The van der Waals surface area contributed by atoms with Crippen molar-refractivity contribution in [2.75, 3.05) is 18.0 Å². The third kappa shape index (κ3) is 5.27. The molecule has 0 amide bonds. The molecule has 1 aliphatic rings. The van der Waals surface area contributed by atoms with Gasteiger partial charge in [0, 0.05) is 43.1 Å². The van der Waals surface area contributed by atoms with E-state index in [4.69, 9.17) is 0 Å². The van der Waals surface area contributed by atoms with Crippen molar-refractivity contribution >= 4 is 5.95 Å². The Hall–Kier alpha value is -1.16.